The van der Waals surface area contributed by atoms with Crippen LogP contribution in [0.4, 0.5) is 9.52 Å². The molecule has 2 heterocycles. The van der Waals surface area contributed by atoms with Crippen LogP contribution in [0.25, 0.3) is 5.76 Å². The highest BCUT2D eigenvalue weighted by atomic mass is 32.1. The van der Waals surface area contributed by atoms with Crippen LogP contribution in [0.1, 0.15) is 57.9 Å². The summed E-state index contributed by atoms with van der Waals surface area (Å²) in [6, 6.07) is 9.16. The number of ether oxygens (including phenoxy) is 2. The lowest BCUT2D eigenvalue weighted by Gasteiger charge is -2.23. The molecule has 0 saturated carbocycles. The standard InChI is InChI=1S/C28H27FN2O6S/c1-5-6-13-37-20-12-9-18(14-15(20)2)23(32)21-22(17-7-10-19(29)11-8-17)31(26(34)24(21)33)28-30-16(3)25(38-28)27(35)36-4/h7-12,14,22,32H,5-6,13H2,1-4H3/b23-21-. The Kier molecular flexibility index (Phi) is 7.91. The van der Waals surface area contributed by atoms with Gasteiger partial charge in [-0.2, -0.15) is 0 Å². The third kappa shape index (κ3) is 5.04. The maximum absolute atomic E-state index is 13.8. The van der Waals surface area contributed by atoms with E-state index in [1.54, 1.807) is 25.1 Å². The topological polar surface area (TPSA) is 106 Å². The number of rotatable bonds is 8. The van der Waals surface area contributed by atoms with E-state index in [1.165, 1.54) is 31.4 Å². The molecule has 0 radical (unpaired) electrons. The largest absolute Gasteiger partial charge is 0.507 e. The Balaban J connectivity index is 1.84. The van der Waals surface area contributed by atoms with Crippen LogP contribution in [0.2, 0.25) is 0 Å². The normalized spacial score (nSPS) is 16.7. The quantitative estimate of drug-likeness (QED) is 0.133. The summed E-state index contributed by atoms with van der Waals surface area (Å²) in [7, 11) is 1.23. The number of carbonyl (C=O) groups excluding carboxylic acids is 3. The van der Waals surface area contributed by atoms with Crippen molar-refractivity contribution in [2.24, 2.45) is 0 Å². The summed E-state index contributed by atoms with van der Waals surface area (Å²) in [5.74, 6) is -2.72. The zero-order valence-electron chi connectivity index (χ0n) is 21.4. The fourth-order valence-corrected chi connectivity index (χ4v) is 5.21. The van der Waals surface area contributed by atoms with Crippen LogP contribution in [0.15, 0.2) is 48.0 Å². The van der Waals surface area contributed by atoms with Gasteiger partial charge in [-0.1, -0.05) is 36.8 Å². The number of esters is 1. The fourth-order valence-electron chi connectivity index (χ4n) is 4.20. The molecule has 1 unspecified atom stereocenters. The van der Waals surface area contributed by atoms with Gasteiger partial charge >= 0.3 is 11.9 Å². The van der Waals surface area contributed by atoms with E-state index in [2.05, 4.69) is 11.9 Å². The fraction of sp³-hybridized carbons (Fsp3) is 0.286. The van der Waals surface area contributed by atoms with Crippen LogP contribution in [-0.4, -0.2) is 41.5 Å². The minimum Gasteiger partial charge on any atom is -0.507 e. The number of benzene rings is 2. The monoisotopic (exact) mass is 538 g/mol. The lowest BCUT2D eigenvalue weighted by molar-refractivity contribution is -0.132. The maximum Gasteiger partial charge on any atom is 0.350 e. The molecule has 1 amide bonds. The highest BCUT2D eigenvalue weighted by molar-refractivity contribution is 7.17. The number of hydrogen-bond acceptors (Lipinski definition) is 8. The van der Waals surface area contributed by atoms with E-state index in [0.29, 0.717) is 29.2 Å². The number of unbranched alkanes of at least 4 members (excludes halogenated alkanes) is 1. The highest BCUT2D eigenvalue weighted by Crippen LogP contribution is 2.44. The molecule has 1 N–H and O–H groups in total. The zero-order valence-corrected chi connectivity index (χ0v) is 22.2. The number of carbonyl (C=O) groups is 3. The van der Waals surface area contributed by atoms with Crippen molar-refractivity contribution in [2.45, 2.75) is 39.7 Å². The molecule has 2 aromatic carbocycles. The number of Topliss-reactive ketones (excluding diaryl/α,β-unsaturated/α-hetero) is 1. The Labute approximate surface area is 223 Å². The van der Waals surface area contributed by atoms with E-state index >= 15 is 0 Å². The lowest BCUT2D eigenvalue weighted by Crippen LogP contribution is -2.29. The molecule has 1 aromatic heterocycles. The molecule has 0 spiro atoms. The smallest absolute Gasteiger partial charge is 0.350 e. The molecule has 198 valence electrons. The van der Waals surface area contributed by atoms with Crippen LogP contribution in [-0.2, 0) is 14.3 Å². The number of ketones is 1. The molecular formula is C28H27FN2O6S. The van der Waals surface area contributed by atoms with Crippen molar-refractivity contribution in [1.29, 1.82) is 0 Å². The minimum atomic E-state index is -1.10. The average Bonchev–Trinajstić information content (AvgIpc) is 3.41. The molecule has 8 nitrogen and oxygen atoms in total. The molecule has 0 bridgehead atoms. The third-order valence-electron chi connectivity index (χ3n) is 6.20. The number of aryl methyl sites for hydroxylation is 2. The van der Waals surface area contributed by atoms with Gasteiger partial charge in [-0.15, -0.1) is 0 Å². The third-order valence-corrected chi connectivity index (χ3v) is 7.33. The minimum absolute atomic E-state index is 0.0780. The summed E-state index contributed by atoms with van der Waals surface area (Å²) in [5, 5.41) is 11.4. The van der Waals surface area contributed by atoms with E-state index < -0.39 is 29.5 Å². The molecule has 0 aliphatic carbocycles. The van der Waals surface area contributed by atoms with E-state index in [-0.39, 0.29) is 21.3 Å². The van der Waals surface area contributed by atoms with Crippen LogP contribution < -0.4 is 9.64 Å². The van der Waals surface area contributed by atoms with E-state index in [9.17, 15) is 23.9 Å². The number of amides is 1. The van der Waals surface area contributed by atoms with Gasteiger partial charge < -0.3 is 14.6 Å². The first kappa shape index (κ1) is 27.0. The predicted octanol–water partition coefficient (Wildman–Crippen LogP) is 5.49. The second-order valence-electron chi connectivity index (χ2n) is 8.81. The van der Waals surface area contributed by atoms with Gasteiger partial charge in [0, 0.05) is 5.56 Å². The molecule has 1 aliphatic rings. The number of aromatic nitrogens is 1. The number of aliphatic hydroxyl groups is 1. The Morgan fingerprint density at radius 2 is 1.87 bits per heavy atom. The lowest BCUT2D eigenvalue weighted by atomic mass is 9.95. The average molecular weight is 539 g/mol. The van der Waals surface area contributed by atoms with Crippen LogP contribution in [0, 0.1) is 19.7 Å². The number of hydrogen-bond donors (Lipinski definition) is 1. The summed E-state index contributed by atoms with van der Waals surface area (Å²) >= 11 is 0.893. The first-order valence-electron chi connectivity index (χ1n) is 12.0. The van der Waals surface area contributed by atoms with Gasteiger partial charge in [-0.05, 0) is 61.7 Å². The number of halogens is 1. The SMILES string of the molecule is CCCCOc1ccc(/C(O)=C2/C(=O)C(=O)N(c3nc(C)c(C(=O)OC)s3)C2c2ccc(F)cc2)cc1C. The van der Waals surface area contributed by atoms with Gasteiger partial charge in [0.05, 0.1) is 31.0 Å². The van der Waals surface area contributed by atoms with E-state index in [4.69, 9.17) is 9.47 Å². The van der Waals surface area contributed by atoms with Crippen LogP contribution in [0.3, 0.4) is 0 Å². The predicted molar refractivity (Wildman–Crippen MR) is 141 cm³/mol. The van der Waals surface area contributed by atoms with Crippen molar-refractivity contribution in [3.8, 4) is 5.75 Å². The molecular weight excluding hydrogens is 511 g/mol. The number of thiazole rings is 1. The van der Waals surface area contributed by atoms with Crippen molar-refractivity contribution in [3.63, 3.8) is 0 Å². The first-order chi connectivity index (χ1) is 18.2. The number of anilines is 1. The molecule has 1 saturated heterocycles. The second kappa shape index (κ2) is 11.1. The van der Waals surface area contributed by atoms with Crippen LogP contribution in [0.5, 0.6) is 5.75 Å². The van der Waals surface area contributed by atoms with Gasteiger partial charge in [0.1, 0.15) is 22.2 Å². The zero-order chi connectivity index (χ0) is 27.6. The molecule has 38 heavy (non-hydrogen) atoms. The van der Waals surface area contributed by atoms with Gasteiger partial charge in [0.15, 0.2) is 5.13 Å². The first-order valence-corrected chi connectivity index (χ1v) is 12.9. The van der Waals surface area contributed by atoms with Crippen molar-refractivity contribution in [2.75, 3.05) is 18.6 Å². The van der Waals surface area contributed by atoms with Gasteiger partial charge in [-0.25, -0.2) is 14.2 Å². The Morgan fingerprint density at radius 1 is 1.16 bits per heavy atom. The molecule has 4 rings (SSSR count). The molecule has 1 atom stereocenters. The van der Waals surface area contributed by atoms with E-state index in [0.717, 1.165) is 34.6 Å². The summed E-state index contributed by atoms with van der Waals surface area (Å²) in [5.41, 5.74) is 1.60. The Bertz CT molecular complexity index is 1430. The highest BCUT2D eigenvalue weighted by Gasteiger charge is 2.48. The Morgan fingerprint density at radius 3 is 2.50 bits per heavy atom. The van der Waals surface area contributed by atoms with Crippen molar-refractivity contribution in [3.05, 3.63) is 81.1 Å². The maximum atomic E-state index is 13.8. The molecule has 3 aromatic rings. The summed E-state index contributed by atoms with van der Waals surface area (Å²) in [4.78, 5) is 44.5. The Hall–Kier alpha value is -4.05. The van der Waals surface area contributed by atoms with Crippen molar-refractivity contribution >= 4 is 39.9 Å². The van der Waals surface area contributed by atoms with Crippen LogP contribution >= 0.6 is 11.3 Å². The number of aliphatic hydroxyl groups excluding tert-OH is 1. The van der Waals surface area contributed by atoms with Gasteiger partial charge in [0.25, 0.3) is 5.78 Å². The second-order valence-corrected chi connectivity index (χ2v) is 9.78. The van der Waals surface area contributed by atoms with Gasteiger partial charge in [0.2, 0.25) is 0 Å². The summed E-state index contributed by atoms with van der Waals surface area (Å²) in [6.45, 7) is 6.02. The molecule has 1 fully saturated rings. The van der Waals surface area contributed by atoms with E-state index in [1.807, 2.05) is 6.92 Å². The molecule has 10 heteroatoms. The molecule has 1 aliphatic heterocycles. The summed E-state index contributed by atoms with van der Waals surface area (Å²) < 4.78 is 24.3. The van der Waals surface area contributed by atoms with Gasteiger partial charge in [-0.3, -0.25) is 14.5 Å². The summed E-state index contributed by atoms with van der Waals surface area (Å²) in [6.07, 6.45) is 1.89. The number of methoxy groups -OCH3 is 1. The number of nitrogens with zero attached hydrogens (tertiary/aromatic N) is 2. The van der Waals surface area contributed by atoms with Crippen molar-refractivity contribution in [1.82, 2.24) is 4.98 Å². The van der Waals surface area contributed by atoms with Crippen molar-refractivity contribution < 1.29 is 33.4 Å².